The van der Waals surface area contributed by atoms with E-state index in [0.29, 0.717) is 5.56 Å². The molecule has 0 saturated carbocycles. The van der Waals surface area contributed by atoms with E-state index in [4.69, 9.17) is 0 Å². The van der Waals surface area contributed by atoms with Crippen molar-refractivity contribution in [2.75, 3.05) is 0 Å². The zero-order chi connectivity index (χ0) is 16.2. The van der Waals surface area contributed by atoms with Gasteiger partial charge in [-0.05, 0) is 24.3 Å². The van der Waals surface area contributed by atoms with Crippen LogP contribution < -0.4 is 5.43 Å². The molecule has 2 aromatic rings. The van der Waals surface area contributed by atoms with E-state index in [1.54, 1.807) is 18.2 Å². The number of hydrazone groups is 1. The first-order valence-corrected chi connectivity index (χ1v) is 7.47. The van der Waals surface area contributed by atoms with Gasteiger partial charge in [-0.15, -0.1) is 0 Å². The van der Waals surface area contributed by atoms with Gasteiger partial charge in [-0.3, -0.25) is 4.79 Å². The van der Waals surface area contributed by atoms with Crippen LogP contribution in [0.15, 0.2) is 58.5 Å². The van der Waals surface area contributed by atoms with E-state index in [-0.39, 0.29) is 11.3 Å². The molecule has 0 aliphatic rings. The fraction of sp³-hybridized carbons (Fsp3) is 0. The number of nitrogens with zero attached hydrogens (tertiary/aromatic N) is 1. The van der Waals surface area contributed by atoms with Crippen LogP contribution in [-0.2, 0) is 10.1 Å². The monoisotopic (exact) mass is 319 g/mol. The molecule has 0 bridgehead atoms. The van der Waals surface area contributed by atoms with Crippen molar-refractivity contribution in [3.05, 3.63) is 59.7 Å². The number of amides is 1. The highest BCUT2D eigenvalue weighted by molar-refractivity contribution is 7.85. The molecule has 1 amide bonds. The number of rotatable bonds is 4. The van der Waals surface area contributed by atoms with Gasteiger partial charge in [0.15, 0.2) is 0 Å². The second kappa shape index (κ2) is 6.37. The zero-order valence-electron chi connectivity index (χ0n) is 11.1. The van der Waals surface area contributed by atoms with Crippen LogP contribution in [0, 0.1) is 0 Å². The van der Waals surface area contributed by atoms with E-state index in [9.17, 15) is 22.9 Å². The van der Waals surface area contributed by atoms with Crippen LogP contribution >= 0.6 is 0 Å². The first-order chi connectivity index (χ1) is 10.4. The van der Waals surface area contributed by atoms with Crippen molar-refractivity contribution in [1.29, 1.82) is 0 Å². The molecule has 0 saturated heterocycles. The van der Waals surface area contributed by atoms with Crippen molar-refractivity contribution in [1.82, 2.24) is 5.43 Å². The van der Waals surface area contributed by atoms with Crippen molar-refractivity contribution >= 4 is 22.2 Å². The second-order valence-corrected chi connectivity index (χ2v) is 5.56. The van der Waals surface area contributed by atoms with Gasteiger partial charge in [-0.25, -0.2) is 13.8 Å². The number of benzene rings is 2. The maximum absolute atomic E-state index is 11.9. The van der Waals surface area contributed by atoms with Crippen molar-refractivity contribution in [3.8, 4) is 5.75 Å². The second-order valence-electron chi connectivity index (χ2n) is 4.21. The lowest BCUT2D eigenvalue weighted by Crippen LogP contribution is -2.20. The Kier molecular flexibility index (Phi) is 4.54. The number of phenolic OH excluding ortho intramolecular Hbond substituents is 1. The van der Waals surface area contributed by atoms with E-state index < -0.39 is 20.9 Å². The molecule has 114 valence electrons. The van der Waals surface area contributed by atoms with Gasteiger partial charge < -0.3 is 9.66 Å². The summed E-state index contributed by atoms with van der Waals surface area (Å²) in [6.07, 6.45) is 1.20. The molecular formula is C14H11N2O5S-. The molecule has 0 aliphatic heterocycles. The van der Waals surface area contributed by atoms with Crippen molar-refractivity contribution in [3.63, 3.8) is 0 Å². The Morgan fingerprint density at radius 3 is 2.45 bits per heavy atom. The Hall–Kier alpha value is -2.71. The van der Waals surface area contributed by atoms with Gasteiger partial charge in [-0.2, -0.15) is 5.10 Å². The first-order valence-electron chi connectivity index (χ1n) is 6.06. The maximum Gasteiger partial charge on any atom is 0.272 e. The molecule has 2 aromatic carbocycles. The number of aromatic hydroxyl groups is 1. The summed E-state index contributed by atoms with van der Waals surface area (Å²) in [4.78, 5) is 11.3. The predicted molar refractivity (Wildman–Crippen MR) is 77.6 cm³/mol. The fourth-order valence-corrected chi connectivity index (χ4v) is 2.36. The van der Waals surface area contributed by atoms with E-state index in [1.807, 2.05) is 0 Å². The highest BCUT2D eigenvalue weighted by atomic mass is 32.2. The van der Waals surface area contributed by atoms with Crippen LogP contribution in [0.2, 0.25) is 0 Å². The van der Waals surface area contributed by atoms with Gasteiger partial charge in [0.2, 0.25) is 0 Å². The molecule has 7 nitrogen and oxygen atoms in total. The van der Waals surface area contributed by atoms with E-state index in [2.05, 4.69) is 10.5 Å². The Labute approximate surface area is 126 Å². The van der Waals surface area contributed by atoms with E-state index in [0.717, 1.165) is 6.07 Å². The summed E-state index contributed by atoms with van der Waals surface area (Å²) in [5.41, 5.74) is 2.17. The molecular weight excluding hydrogens is 308 g/mol. The van der Waals surface area contributed by atoms with Gasteiger partial charge in [-0.1, -0.05) is 24.3 Å². The number of nitrogens with one attached hydrogen (secondary N) is 1. The van der Waals surface area contributed by atoms with Crippen molar-refractivity contribution in [2.45, 2.75) is 4.90 Å². The summed E-state index contributed by atoms with van der Waals surface area (Å²) in [7, 11) is -4.77. The third-order valence-corrected chi connectivity index (χ3v) is 3.60. The molecule has 8 heteroatoms. The van der Waals surface area contributed by atoms with Crippen LogP contribution in [0.3, 0.4) is 0 Å². The first kappa shape index (κ1) is 15.7. The van der Waals surface area contributed by atoms with Crippen LogP contribution in [0.1, 0.15) is 15.9 Å². The normalized spacial score (nSPS) is 11.5. The summed E-state index contributed by atoms with van der Waals surface area (Å²) in [5.74, 6) is -0.871. The molecule has 0 unspecified atom stereocenters. The molecule has 0 aromatic heterocycles. The molecule has 0 fully saturated rings. The summed E-state index contributed by atoms with van der Waals surface area (Å²) in [5, 5.41) is 13.1. The summed E-state index contributed by atoms with van der Waals surface area (Å²) in [6.45, 7) is 0. The SMILES string of the molecule is O=C(N/N=C/c1ccccc1O)c1ccccc1S(=O)(=O)[O-]. The van der Waals surface area contributed by atoms with Crippen molar-refractivity contribution in [2.24, 2.45) is 5.10 Å². The Morgan fingerprint density at radius 2 is 1.77 bits per heavy atom. The molecule has 0 atom stereocenters. The minimum Gasteiger partial charge on any atom is -0.744 e. The molecule has 0 aliphatic carbocycles. The Balaban J connectivity index is 2.19. The van der Waals surface area contributed by atoms with Gasteiger partial charge in [0.1, 0.15) is 15.9 Å². The largest absolute Gasteiger partial charge is 0.744 e. The number of hydrogen-bond donors (Lipinski definition) is 2. The van der Waals surface area contributed by atoms with Crippen LogP contribution in [-0.4, -0.2) is 30.2 Å². The number of para-hydroxylation sites is 1. The number of phenols is 1. The van der Waals surface area contributed by atoms with Crippen LogP contribution in [0.25, 0.3) is 0 Å². The van der Waals surface area contributed by atoms with E-state index >= 15 is 0 Å². The highest BCUT2D eigenvalue weighted by Gasteiger charge is 2.14. The van der Waals surface area contributed by atoms with Gasteiger partial charge in [0.25, 0.3) is 5.91 Å². The van der Waals surface area contributed by atoms with Crippen LogP contribution in [0.5, 0.6) is 5.75 Å². The average Bonchev–Trinajstić information content (AvgIpc) is 2.48. The molecule has 0 radical (unpaired) electrons. The molecule has 2 N–H and O–H groups in total. The standard InChI is InChI=1S/C14H12N2O5S/c17-12-7-3-1-5-10(12)9-15-16-14(18)11-6-2-4-8-13(11)22(19,20)21/h1-9,17H,(H,16,18)(H,19,20,21)/p-1/b15-9+. The predicted octanol–water partition coefficient (Wildman–Crippen LogP) is 1.06. The summed E-state index contributed by atoms with van der Waals surface area (Å²) >= 11 is 0. The Morgan fingerprint density at radius 1 is 1.14 bits per heavy atom. The number of carbonyl (C=O) groups is 1. The fourth-order valence-electron chi connectivity index (χ4n) is 1.69. The lowest BCUT2D eigenvalue weighted by atomic mass is 10.2. The Bertz CT molecular complexity index is 831. The lowest BCUT2D eigenvalue weighted by molar-refractivity contribution is 0.0951. The number of hydrogen-bond acceptors (Lipinski definition) is 6. The average molecular weight is 319 g/mol. The quantitative estimate of drug-likeness (QED) is 0.496. The lowest BCUT2D eigenvalue weighted by Gasteiger charge is -2.11. The van der Waals surface area contributed by atoms with Gasteiger partial charge in [0, 0.05) is 5.56 Å². The third kappa shape index (κ3) is 3.68. The van der Waals surface area contributed by atoms with Gasteiger partial charge in [0.05, 0.1) is 16.7 Å². The van der Waals surface area contributed by atoms with Crippen molar-refractivity contribution < 1.29 is 22.9 Å². The molecule has 2 rings (SSSR count). The maximum atomic E-state index is 11.9. The van der Waals surface area contributed by atoms with Gasteiger partial charge >= 0.3 is 0 Å². The third-order valence-electron chi connectivity index (χ3n) is 2.71. The molecule has 0 spiro atoms. The number of carbonyl (C=O) groups excluding carboxylic acids is 1. The summed E-state index contributed by atoms with van der Waals surface area (Å²) < 4.78 is 33.3. The smallest absolute Gasteiger partial charge is 0.272 e. The van der Waals surface area contributed by atoms with E-state index in [1.165, 1.54) is 30.5 Å². The molecule has 0 heterocycles. The zero-order valence-corrected chi connectivity index (χ0v) is 11.9. The summed E-state index contributed by atoms with van der Waals surface area (Å²) in [6, 6.07) is 11.3. The highest BCUT2D eigenvalue weighted by Crippen LogP contribution is 2.15. The minimum atomic E-state index is -4.77. The minimum absolute atomic E-state index is 0.0250. The molecule has 22 heavy (non-hydrogen) atoms. The van der Waals surface area contributed by atoms with Crippen LogP contribution in [0.4, 0.5) is 0 Å². The topological polar surface area (TPSA) is 119 Å².